The molecular formula is C20H19NO3S. The molecule has 0 fully saturated rings. The molecule has 3 aromatic carbocycles. The van der Waals surface area contributed by atoms with Crippen molar-refractivity contribution in [2.45, 2.75) is 5.54 Å². The molecule has 0 bridgehead atoms. The van der Waals surface area contributed by atoms with E-state index in [2.05, 4.69) is 0 Å². The molecule has 0 aromatic heterocycles. The first-order chi connectivity index (χ1) is 12.0. The van der Waals surface area contributed by atoms with Crippen LogP contribution in [0.4, 0.5) is 0 Å². The van der Waals surface area contributed by atoms with Gasteiger partial charge < -0.3 is 0 Å². The Labute approximate surface area is 148 Å². The van der Waals surface area contributed by atoms with Crippen molar-refractivity contribution in [3.05, 3.63) is 108 Å². The molecule has 3 aromatic rings. The van der Waals surface area contributed by atoms with Crippen LogP contribution in [-0.2, 0) is 15.8 Å². The zero-order chi connectivity index (χ0) is 17.9. The largest absolute Gasteiger partial charge is 0.337 e. The second-order valence-electron chi connectivity index (χ2n) is 5.75. The topological polar surface area (TPSA) is 57.6 Å². The first kappa shape index (κ1) is 17.4. The Kier molecular flexibility index (Phi) is 4.72. The number of hydrogen-bond acceptors (Lipinski definition) is 2. The van der Waals surface area contributed by atoms with Crippen molar-refractivity contribution in [3.63, 3.8) is 0 Å². The van der Waals surface area contributed by atoms with Gasteiger partial charge in [0, 0.05) is 7.05 Å². The third-order valence-corrected chi connectivity index (χ3v) is 5.36. The molecule has 0 aliphatic carbocycles. The maximum atomic E-state index is 12.2. The SMILES string of the molecule is CN(C(c1ccccc1)(c1ccccc1)c1ccccc1)S(=O)(=O)O. The Morgan fingerprint density at radius 2 is 0.960 bits per heavy atom. The van der Waals surface area contributed by atoms with Gasteiger partial charge in [-0.05, 0) is 16.7 Å². The van der Waals surface area contributed by atoms with Crippen LogP contribution < -0.4 is 0 Å². The minimum absolute atomic E-state index is 0.743. The van der Waals surface area contributed by atoms with Crippen LogP contribution in [0.1, 0.15) is 16.7 Å². The molecule has 0 amide bonds. The molecule has 0 heterocycles. The number of nitrogens with zero attached hydrogens (tertiary/aromatic N) is 1. The van der Waals surface area contributed by atoms with Crippen molar-refractivity contribution in [3.8, 4) is 0 Å². The van der Waals surface area contributed by atoms with Crippen molar-refractivity contribution in [1.82, 2.24) is 4.31 Å². The zero-order valence-corrected chi connectivity index (χ0v) is 14.6. The van der Waals surface area contributed by atoms with Crippen LogP contribution in [0.25, 0.3) is 0 Å². The van der Waals surface area contributed by atoms with E-state index in [-0.39, 0.29) is 0 Å². The average Bonchev–Trinajstić information content (AvgIpc) is 2.64. The van der Waals surface area contributed by atoms with Crippen LogP contribution in [0.5, 0.6) is 0 Å². The lowest BCUT2D eigenvalue weighted by Crippen LogP contribution is -2.48. The van der Waals surface area contributed by atoms with Gasteiger partial charge in [-0.15, -0.1) is 0 Å². The normalized spacial score (nSPS) is 12.3. The van der Waals surface area contributed by atoms with E-state index in [0.717, 1.165) is 21.0 Å². The fourth-order valence-corrected chi connectivity index (χ4v) is 3.92. The summed E-state index contributed by atoms with van der Waals surface area (Å²) in [5.74, 6) is 0. The van der Waals surface area contributed by atoms with Gasteiger partial charge in [0.15, 0.2) is 0 Å². The third kappa shape index (κ3) is 3.09. The average molecular weight is 353 g/mol. The van der Waals surface area contributed by atoms with Crippen LogP contribution in [0.15, 0.2) is 91.0 Å². The molecule has 4 nitrogen and oxygen atoms in total. The molecule has 0 saturated carbocycles. The highest BCUT2D eigenvalue weighted by Gasteiger charge is 2.45. The summed E-state index contributed by atoms with van der Waals surface area (Å²) in [6, 6.07) is 27.9. The summed E-state index contributed by atoms with van der Waals surface area (Å²) in [6.45, 7) is 0. The molecule has 0 atom stereocenters. The summed E-state index contributed by atoms with van der Waals surface area (Å²) in [5, 5.41) is 0. The van der Waals surface area contributed by atoms with Crippen molar-refractivity contribution < 1.29 is 13.0 Å². The lowest BCUT2D eigenvalue weighted by atomic mass is 9.77. The predicted octanol–water partition coefficient (Wildman–Crippen LogP) is 3.71. The van der Waals surface area contributed by atoms with Crippen molar-refractivity contribution in [1.29, 1.82) is 0 Å². The third-order valence-electron chi connectivity index (χ3n) is 4.39. The molecule has 0 saturated heterocycles. The van der Waals surface area contributed by atoms with Crippen LogP contribution in [0.3, 0.4) is 0 Å². The van der Waals surface area contributed by atoms with E-state index in [1.807, 2.05) is 91.0 Å². The number of benzene rings is 3. The molecule has 0 unspecified atom stereocenters. The smallest absolute Gasteiger partial charge is 0.273 e. The fraction of sp³-hybridized carbons (Fsp3) is 0.100. The van der Waals surface area contributed by atoms with Gasteiger partial charge >= 0.3 is 10.3 Å². The molecule has 128 valence electrons. The van der Waals surface area contributed by atoms with Crippen LogP contribution >= 0.6 is 0 Å². The Bertz CT molecular complexity index is 830. The lowest BCUT2D eigenvalue weighted by Gasteiger charge is -2.41. The summed E-state index contributed by atoms with van der Waals surface area (Å²) in [7, 11) is -3.08. The molecule has 25 heavy (non-hydrogen) atoms. The highest BCUT2D eigenvalue weighted by atomic mass is 32.2. The van der Waals surface area contributed by atoms with Gasteiger partial charge in [-0.2, -0.15) is 12.7 Å². The van der Waals surface area contributed by atoms with E-state index in [9.17, 15) is 13.0 Å². The van der Waals surface area contributed by atoms with Gasteiger partial charge in [-0.1, -0.05) is 91.0 Å². The second kappa shape index (κ2) is 6.80. The molecule has 0 spiro atoms. The van der Waals surface area contributed by atoms with E-state index in [0.29, 0.717) is 0 Å². The molecular weight excluding hydrogens is 334 g/mol. The van der Waals surface area contributed by atoms with Crippen LogP contribution in [0, 0.1) is 0 Å². The van der Waals surface area contributed by atoms with Gasteiger partial charge in [0.1, 0.15) is 5.54 Å². The van der Waals surface area contributed by atoms with Crippen molar-refractivity contribution >= 4 is 10.3 Å². The van der Waals surface area contributed by atoms with Crippen LogP contribution in [0.2, 0.25) is 0 Å². The van der Waals surface area contributed by atoms with E-state index in [1.165, 1.54) is 7.05 Å². The first-order valence-electron chi connectivity index (χ1n) is 7.85. The molecule has 0 aliphatic heterocycles. The Morgan fingerprint density at radius 1 is 0.680 bits per heavy atom. The highest BCUT2D eigenvalue weighted by molar-refractivity contribution is 7.83. The Balaban J connectivity index is 2.44. The molecule has 5 heteroatoms. The number of rotatable bonds is 5. The second-order valence-corrected chi connectivity index (χ2v) is 7.20. The standard InChI is InChI=1S/C20H19NO3S/c1-21(25(22,23)24)20(17-11-5-2-6-12-17,18-13-7-3-8-14-18)19-15-9-4-10-16-19/h2-16H,1H3,(H,22,23,24). The predicted molar refractivity (Wildman–Crippen MR) is 98.5 cm³/mol. The molecule has 3 rings (SSSR count). The summed E-state index contributed by atoms with van der Waals surface area (Å²) in [4.78, 5) is 0. The fourth-order valence-electron chi connectivity index (χ4n) is 3.26. The van der Waals surface area contributed by atoms with E-state index < -0.39 is 15.8 Å². The van der Waals surface area contributed by atoms with E-state index >= 15 is 0 Å². The van der Waals surface area contributed by atoms with E-state index in [1.54, 1.807) is 0 Å². The lowest BCUT2D eigenvalue weighted by molar-refractivity contribution is 0.287. The minimum atomic E-state index is -4.47. The summed E-state index contributed by atoms with van der Waals surface area (Å²) in [6.07, 6.45) is 0. The highest BCUT2D eigenvalue weighted by Crippen LogP contribution is 2.42. The summed E-state index contributed by atoms with van der Waals surface area (Å²) in [5.41, 5.74) is 1.05. The van der Waals surface area contributed by atoms with Gasteiger partial charge in [0.2, 0.25) is 0 Å². The zero-order valence-electron chi connectivity index (χ0n) is 13.8. The molecule has 1 N–H and O–H groups in total. The first-order valence-corrected chi connectivity index (χ1v) is 9.25. The van der Waals surface area contributed by atoms with Crippen molar-refractivity contribution in [2.24, 2.45) is 0 Å². The molecule has 0 radical (unpaired) electrons. The maximum Gasteiger partial charge on any atom is 0.337 e. The van der Waals surface area contributed by atoms with Gasteiger partial charge in [0.25, 0.3) is 0 Å². The van der Waals surface area contributed by atoms with Gasteiger partial charge in [-0.3, -0.25) is 4.55 Å². The Morgan fingerprint density at radius 3 is 1.20 bits per heavy atom. The maximum absolute atomic E-state index is 12.2. The van der Waals surface area contributed by atoms with Crippen LogP contribution in [-0.4, -0.2) is 24.3 Å². The summed E-state index contributed by atoms with van der Waals surface area (Å²) < 4.78 is 35.3. The Hall–Kier alpha value is -2.47. The summed E-state index contributed by atoms with van der Waals surface area (Å²) >= 11 is 0. The van der Waals surface area contributed by atoms with Crippen molar-refractivity contribution in [2.75, 3.05) is 7.05 Å². The number of hydrogen-bond donors (Lipinski definition) is 1. The quantitative estimate of drug-likeness (QED) is 0.562. The monoisotopic (exact) mass is 353 g/mol. The van der Waals surface area contributed by atoms with Gasteiger partial charge in [0.05, 0.1) is 0 Å². The molecule has 0 aliphatic rings. The van der Waals surface area contributed by atoms with E-state index in [4.69, 9.17) is 0 Å². The minimum Gasteiger partial charge on any atom is -0.273 e. The van der Waals surface area contributed by atoms with Gasteiger partial charge in [-0.25, -0.2) is 0 Å².